The summed E-state index contributed by atoms with van der Waals surface area (Å²) in [5.41, 5.74) is 5.88. The third-order valence-corrected chi connectivity index (χ3v) is 3.83. The Hall–Kier alpha value is -2.09. The number of hydrogen-bond acceptors (Lipinski definition) is 1. The molecular weight excluding hydrogens is 244 g/mol. The van der Waals surface area contributed by atoms with Gasteiger partial charge in [-0.2, -0.15) is 0 Å². The number of aromatic nitrogens is 2. The van der Waals surface area contributed by atoms with Gasteiger partial charge in [0.25, 0.3) is 0 Å². The van der Waals surface area contributed by atoms with Crippen LogP contribution < -0.4 is 0 Å². The first-order valence-electron chi connectivity index (χ1n) is 7.32. The Bertz CT molecular complexity index is 668. The van der Waals surface area contributed by atoms with E-state index >= 15 is 0 Å². The van der Waals surface area contributed by atoms with E-state index in [-0.39, 0.29) is 0 Å². The summed E-state index contributed by atoms with van der Waals surface area (Å²) in [6.07, 6.45) is 9.08. The summed E-state index contributed by atoms with van der Waals surface area (Å²) in [7, 11) is 0. The van der Waals surface area contributed by atoms with Gasteiger partial charge in [-0.05, 0) is 37.0 Å². The molecule has 0 saturated heterocycles. The third kappa shape index (κ3) is 2.34. The Labute approximate surface area is 119 Å². The number of benzene rings is 1. The van der Waals surface area contributed by atoms with Crippen LogP contribution >= 0.6 is 0 Å². The highest BCUT2D eigenvalue weighted by Gasteiger charge is 2.14. The Balaban J connectivity index is 2.00. The summed E-state index contributed by atoms with van der Waals surface area (Å²) in [6, 6.07) is 8.12. The maximum Gasteiger partial charge on any atom is 0.138 e. The van der Waals surface area contributed by atoms with Crippen LogP contribution in [0.2, 0.25) is 0 Å². The van der Waals surface area contributed by atoms with Crippen molar-refractivity contribution in [3.8, 4) is 0 Å². The average Bonchev–Trinajstić information content (AvgIpc) is 2.91. The number of aromatic amines is 1. The fraction of sp³-hybridized carbons (Fsp3) is 0.278. The van der Waals surface area contributed by atoms with Gasteiger partial charge in [-0.25, -0.2) is 4.98 Å². The molecule has 0 radical (unpaired) electrons. The molecule has 2 aromatic rings. The quantitative estimate of drug-likeness (QED) is 0.825. The van der Waals surface area contributed by atoms with Gasteiger partial charge in [-0.15, -0.1) is 0 Å². The molecule has 1 aliphatic carbocycles. The molecule has 102 valence electrons. The Morgan fingerprint density at radius 2 is 2.20 bits per heavy atom. The molecule has 0 saturated carbocycles. The van der Waals surface area contributed by atoms with Crippen LogP contribution in [0.15, 0.2) is 54.1 Å². The van der Waals surface area contributed by atoms with Gasteiger partial charge in [0.15, 0.2) is 0 Å². The molecule has 0 unspecified atom stereocenters. The van der Waals surface area contributed by atoms with E-state index in [4.69, 9.17) is 0 Å². The zero-order chi connectivity index (χ0) is 13.9. The molecule has 1 aromatic carbocycles. The number of rotatable bonds is 4. The Morgan fingerprint density at radius 3 is 3.00 bits per heavy atom. The second-order valence-corrected chi connectivity index (χ2v) is 5.29. The highest BCUT2D eigenvalue weighted by molar-refractivity contribution is 5.84. The maximum atomic E-state index is 4.66. The van der Waals surface area contributed by atoms with Crippen LogP contribution in [-0.4, -0.2) is 9.97 Å². The highest BCUT2D eigenvalue weighted by Crippen LogP contribution is 2.31. The summed E-state index contributed by atoms with van der Waals surface area (Å²) in [6.45, 7) is 6.50. The van der Waals surface area contributed by atoms with Gasteiger partial charge in [-0.3, -0.25) is 0 Å². The number of H-pyrrole nitrogens is 1. The van der Waals surface area contributed by atoms with Crippen molar-refractivity contribution in [1.82, 2.24) is 9.97 Å². The predicted molar refractivity (Wildman–Crippen MR) is 85.4 cm³/mol. The summed E-state index contributed by atoms with van der Waals surface area (Å²) in [4.78, 5) is 8.04. The van der Waals surface area contributed by atoms with Gasteiger partial charge in [0.2, 0.25) is 0 Å². The van der Waals surface area contributed by atoms with Gasteiger partial charge in [0.1, 0.15) is 5.82 Å². The molecule has 3 rings (SSSR count). The SMILES string of the molecule is C=C(C1=C(CCC)CCC=C1)c1nc2ccccc2[nH]1. The maximum absolute atomic E-state index is 4.66. The molecule has 0 atom stereocenters. The van der Waals surface area contributed by atoms with E-state index in [0.717, 1.165) is 41.7 Å². The fourth-order valence-electron chi connectivity index (χ4n) is 2.81. The first-order valence-corrected chi connectivity index (χ1v) is 7.32. The predicted octanol–water partition coefficient (Wildman–Crippen LogP) is 5.02. The lowest BCUT2D eigenvalue weighted by Gasteiger charge is -2.16. The molecule has 20 heavy (non-hydrogen) atoms. The van der Waals surface area contributed by atoms with Crippen molar-refractivity contribution in [2.45, 2.75) is 32.6 Å². The van der Waals surface area contributed by atoms with E-state index in [1.165, 1.54) is 17.6 Å². The highest BCUT2D eigenvalue weighted by atomic mass is 14.9. The van der Waals surface area contributed by atoms with Gasteiger partial charge in [-0.1, -0.05) is 49.8 Å². The summed E-state index contributed by atoms with van der Waals surface area (Å²) >= 11 is 0. The number of hydrogen-bond donors (Lipinski definition) is 1. The van der Waals surface area contributed by atoms with Gasteiger partial charge >= 0.3 is 0 Å². The zero-order valence-electron chi connectivity index (χ0n) is 11.9. The minimum atomic E-state index is 0.890. The molecule has 0 amide bonds. The Morgan fingerprint density at radius 1 is 1.35 bits per heavy atom. The van der Waals surface area contributed by atoms with E-state index in [1.54, 1.807) is 0 Å². The van der Waals surface area contributed by atoms with Crippen molar-refractivity contribution in [3.63, 3.8) is 0 Å². The number of allylic oxidation sites excluding steroid dienone is 5. The third-order valence-electron chi connectivity index (χ3n) is 3.83. The normalized spacial score (nSPS) is 15.1. The van der Waals surface area contributed by atoms with Crippen LogP contribution in [0.25, 0.3) is 16.6 Å². The number of nitrogens with zero attached hydrogens (tertiary/aromatic N) is 1. The van der Waals surface area contributed by atoms with Crippen LogP contribution in [0.1, 0.15) is 38.4 Å². The van der Waals surface area contributed by atoms with Gasteiger partial charge in [0.05, 0.1) is 11.0 Å². The number of fused-ring (bicyclic) bond motifs is 1. The minimum absolute atomic E-state index is 0.890. The molecule has 2 nitrogen and oxygen atoms in total. The first-order chi connectivity index (χ1) is 9.79. The lowest BCUT2D eigenvalue weighted by atomic mass is 9.90. The molecule has 1 heterocycles. The molecule has 1 N–H and O–H groups in total. The van der Waals surface area contributed by atoms with Crippen molar-refractivity contribution in [2.24, 2.45) is 0 Å². The van der Waals surface area contributed by atoms with E-state index in [1.807, 2.05) is 18.2 Å². The first kappa shape index (κ1) is 12.9. The van der Waals surface area contributed by atoms with E-state index in [0.29, 0.717) is 0 Å². The smallest absolute Gasteiger partial charge is 0.138 e. The summed E-state index contributed by atoms with van der Waals surface area (Å²) in [5, 5.41) is 0. The molecule has 0 fully saturated rings. The van der Waals surface area contributed by atoms with E-state index in [2.05, 4.69) is 41.7 Å². The lowest BCUT2D eigenvalue weighted by Crippen LogP contribution is -1.98. The van der Waals surface area contributed by atoms with Crippen LogP contribution in [-0.2, 0) is 0 Å². The van der Waals surface area contributed by atoms with Crippen molar-refractivity contribution in [1.29, 1.82) is 0 Å². The topological polar surface area (TPSA) is 28.7 Å². The van der Waals surface area contributed by atoms with E-state index < -0.39 is 0 Å². The molecule has 1 aromatic heterocycles. The number of nitrogens with one attached hydrogen (secondary N) is 1. The van der Waals surface area contributed by atoms with Crippen LogP contribution in [0.4, 0.5) is 0 Å². The summed E-state index contributed by atoms with van der Waals surface area (Å²) in [5.74, 6) is 0.890. The second kappa shape index (κ2) is 5.49. The molecular formula is C18H20N2. The molecule has 2 heteroatoms. The number of imidazole rings is 1. The zero-order valence-corrected chi connectivity index (χ0v) is 11.9. The van der Waals surface area contributed by atoms with Gasteiger partial charge in [0, 0.05) is 5.57 Å². The molecule has 1 aliphatic rings. The van der Waals surface area contributed by atoms with Gasteiger partial charge < -0.3 is 4.98 Å². The molecule has 0 spiro atoms. The average molecular weight is 264 g/mol. The lowest BCUT2D eigenvalue weighted by molar-refractivity contribution is 0.813. The van der Waals surface area contributed by atoms with Crippen molar-refractivity contribution in [2.75, 3.05) is 0 Å². The largest absolute Gasteiger partial charge is 0.338 e. The molecule has 0 aliphatic heterocycles. The Kier molecular flexibility index (Phi) is 3.55. The van der Waals surface area contributed by atoms with Crippen molar-refractivity contribution >= 4 is 16.6 Å². The monoisotopic (exact) mass is 264 g/mol. The minimum Gasteiger partial charge on any atom is -0.338 e. The second-order valence-electron chi connectivity index (χ2n) is 5.29. The number of para-hydroxylation sites is 2. The summed E-state index contributed by atoms with van der Waals surface area (Å²) < 4.78 is 0. The standard InChI is InChI=1S/C18H20N2/c1-3-8-14-9-4-5-10-15(14)13(2)18-19-16-11-6-7-12-17(16)20-18/h5-7,10-12H,2-4,8-9H2,1H3,(H,19,20). The van der Waals surface area contributed by atoms with Crippen LogP contribution in [0, 0.1) is 0 Å². The molecule has 0 bridgehead atoms. The van der Waals surface area contributed by atoms with E-state index in [9.17, 15) is 0 Å². The fourth-order valence-corrected chi connectivity index (χ4v) is 2.81. The van der Waals surface area contributed by atoms with Crippen LogP contribution in [0.3, 0.4) is 0 Å². The van der Waals surface area contributed by atoms with Crippen molar-refractivity contribution in [3.05, 3.63) is 60.0 Å². The van der Waals surface area contributed by atoms with Crippen molar-refractivity contribution < 1.29 is 0 Å². The van der Waals surface area contributed by atoms with Crippen LogP contribution in [0.5, 0.6) is 0 Å².